The number of nitrogens with one attached hydrogen (secondary N) is 2. The van der Waals surface area contributed by atoms with Gasteiger partial charge in [-0.15, -0.1) is 0 Å². The molecular weight excluding hydrogens is 352 g/mol. The summed E-state index contributed by atoms with van der Waals surface area (Å²) in [5, 5.41) is 2.76. The molecule has 0 saturated heterocycles. The first kappa shape index (κ1) is 19.7. The number of aryl methyl sites for hydroxylation is 1. The van der Waals surface area contributed by atoms with E-state index < -0.39 is 15.9 Å². The zero-order valence-electron chi connectivity index (χ0n) is 15.0. The molecule has 0 atom stereocenters. The normalized spacial score (nSPS) is 11.0. The van der Waals surface area contributed by atoms with Crippen molar-refractivity contribution in [1.82, 2.24) is 4.72 Å². The van der Waals surface area contributed by atoms with Crippen molar-refractivity contribution in [3.8, 4) is 5.75 Å². The first-order valence-corrected chi connectivity index (χ1v) is 9.46. The predicted molar refractivity (Wildman–Crippen MR) is 102 cm³/mol. The van der Waals surface area contributed by atoms with Crippen LogP contribution in [0.15, 0.2) is 53.9 Å². The SMILES string of the molecule is C=CCOc1cccc(NC(=O)c2cc(C)c(C)c(S(=O)(=O)NC)c2)c1. The lowest BCUT2D eigenvalue weighted by Crippen LogP contribution is -2.21. The number of hydrogen-bond acceptors (Lipinski definition) is 4. The number of carbonyl (C=O) groups is 1. The maximum atomic E-state index is 12.6. The second-order valence-electron chi connectivity index (χ2n) is 5.71. The van der Waals surface area contributed by atoms with Crippen molar-refractivity contribution in [3.05, 3.63) is 65.7 Å². The lowest BCUT2D eigenvalue weighted by atomic mass is 10.1. The molecule has 138 valence electrons. The Bertz CT molecular complexity index is 937. The van der Waals surface area contributed by atoms with Crippen molar-refractivity contribution < 1.29 is 17.9 Å². The van der Waals surface area contributed by atoms with E-state index >= 15 is 0 Å². The van der Waals surface area contributed by atoms with E-state index in [-0.39, 0.29) is 10.5 Å². The molecule has 0 aliphatic carbocycles. The van der Waals surface area contributed by atoms with E-state index in [0.717, 1.165) is 5.56 Å². The lowest BCUT2D eigenvalue weighted by molar-refractivity contribution is 0.102. The third-order valence-electron chi connectivity index (χ3n) is 3.90. The summed E-state index contributed by atoms with van der Waals surface area (Å²) in [7, 11) is -2.32. The van der Waals surface area contributed by atoms with Gasteiger partial charge >= 0.3 is 0 Å². The molecule has 0 spiro atoms. The number of hydrogen-bond donors (Lipinski definition) is 2. The number of amides is 1. The topological polar surface area (TPSA) is 84.5 Å². The highest BCUT2D eigenvalue weighted by molar-refractivity contribution is 7.89. The molecule has 0 unspecified atom stereocenters. The number of carbonyl (C=O) groups excluding carboxylic acids is 1. The molecule has 0 fully saturated rings. The summed E-state index contributed by atoms with van der Waals surface area (Å²) in [5.41, 5.74) is 2.14. The third-order valence-corrected chi connectivity index (χ3v) is 5.44. The molecule has 0 heterocycles. The van der Waals surface area contributed by atoms with Gasteiger partial charge in [0.1, 0.15) is 12.4 Å². The van der Waals surface area contributed by atoms with E-state index in [1.165, 1.54) is 13.1 Å². The minimum absolute atomic E-state index is 0.0909. The largest absolute Gasteiger partial charge is 0.489 e. The highest BCUT2D eigenvalue weighted by Crippen LogP contribution is 2.23. The number of ether oxygens (including phenoxy) is 1. The Labute approximate surface area is 153 Å². The smallest absolute Gasteiger partial charge is 0.255 e. The van der Waals surface area contributed by atoms with Crippen LogP contribution in [-0.4, -0.2) is 28.0 Å². The van der Waals surface area contributed by atoms with Gasteiger partial charge in [-0.05, 0) is 56.3 Å². The highest BCUT2D eigenvalue weighted by atomic mass is 32.2. The molecular formula is C19H22N2O4S. The van der Waals surface area contributed by atoms with Gasteiger partial charge in [0.2, 0.25) is 10.0 Å². The van der Waals surface area contributed by atoms with E-state index in [0.29, 0.717) is 23.6 Å². The van der Waals surface area contributed by atoms with Gasteiger partial charge in [-0.3, -0.25) is 4.79 Å². The average molecular weight is 374 g/mol. The standard InChI is InChI=1S/C19H22N2O4S/c1-5-9-25-17-8-6-7-16(12-17)21-19(22)15-10-13(2)14(3)18(11-15)26(23,24)20-4/h5-8,10-12,20H,1,9H2,2-4H3,(H,21,22). The van der Waals surface area contributed by atoms with Gasteiger partial charge in [0.05, 0.1) is 4.90 Å². The molecule has 0 aliphatic heterocycles. The molecule has 1 amide bonds. The highest BCUT2D eigenvalue weighted by Gasteiger charge is 2.19. The van der Waals surface area contributed by atoms with Gasteiger partial charge in [0, 0.05) is 17.3 Å². The molecule has 0 radical (unpaired) electrons. The lowest BCUT2D eigenvalue weighted by Gasteiger charge is -2.13. The van der Waals surface area contributed by atoms with Crippen LogP contribution in [0.2, 0.25) is 0 Å². The fourth-order valence-corrected chi connectivity index (χ4v) is 3.44. The number of rotatable bonds is 7. The van der Waals surface area contributed by atoms with Gasteiger partial charge in [0.15, 0.2) is 0 Å². The van der Waals surface area contributed by atoms with Crippen LogP contribution >= 0.6 is 0 Å². The molecule has 2 rings (SSSR count). The van der Waals surface area contributed by atoms with Crippen LogP contribution in [0.5, 0.6) is 5.75 Å². The predicted octanol–water partition coefficient (Wildman–Crippen LogP) is 3.03. The summed E-state index contributed by atoms with van der Waals surface area (Å²) in [5.74, 6) is 0.197. The third kappa shape index (κ3) is 4.50. The van der Waals surface area contributed by atoms with E-state index in [1.54, 1.807) is 50.3 Å². The van der Waals surface area contributed by atoms with Gasteiger partial charge in [-0.2, -0.15) is 0 Å². The molecule has 0 saturated carbocycles. The summed E-state index contributed by atoms with van der Waals surface area (Å²) in [6, 6.07) is 9.98. The first-order chi connectivity index (χ1) is 12.3. The van der Waals surface area contributed by atoms with Crippen LogP contribution in [-0.2, 0) is 10.0 Å². The van der Waals surface area contributed by atoms with E-state index in [2.05, 4.69) is 16.6 Å². The summed E-state index contributed by atoms with van der Waals surface area (Å²) in [6.07, 6.45) is 1.63. The Hall–Kier alpha value is -2.64. The summed E-state index contributed by atoms with van der Waals surface area (Å²) in [4.78, 5) is 12.7. The molecule has 6 nitrogen and oxygen atoms in total. The summed E-state index contributed by atoms with van der Waals surface area (Å²) >= 11 is 0. The van der Waals surface area contributed by atoms with Crippen molar-refractivity contribution in [2.45, 2.75) is 18.7 Å². The van der Waals surface area contributed by atoms with Crippen LogP contribution in [0.25, 0.3) is 0 Å². The second kappa shape index (κ2) is 8.16. The van der Waals surface area contributed by atoms with E-state index in [4.69, 9.17) is 4.74 Å². The van der Waals surface area contributed by atoms with Crippen LogP contribution in [0.4, 0.5) is 5.69 Å². The number of sulfonamides is 1. The molecule has 0 bridgehead atoms. The van der Waals surface area contributed by atoms with E-state index in [9.17, 15) is 13.2 Å². The number of anilines is 1. The van der Waals surface area contributed by atoms with E-state index in [1.807, 2.05) is 0 Å². The maximum absolute atomic E-state index is 12.6. The van der Waals surface area contributed by atoms with Crippen molar-refractivity contribution >= 4 is 21.6 Å². The van der Waals surface area contributed by atoms with Gasteiger partial charge < -0.3 is 10.1 Å². The molecule has 0 aromatic heterocycles. The Morgan fingerprint density at radius 3 is 2.62 bits per heavy atom. The van der Waals surface area contributed by atoms with Crippen molar-refractivity contribution in [3.63, 3.8) is 0 Å². The second-order valence-corrected chi connectivity index (χ2v) is 7.56. The van der Waals surface area contributed by atoms with Gasteiger partial charge in [-0.25, -0.2) is 13.1 Å². The van der Waals surface area contributed by atoms with Crippen molar-refractivity contribution in [1.29, 1.82) is 0 Å². The van der Waals surface area contributed by atoms with Crippen LogP contribution < -0.4 is 14.8 Å². The van der Waals surface area contributed by atoms with Crippen LogP contribution in [0, 0.1) is 13.8 Å². The molecule has 2 aromatic rings. The van der Waals surface area contributed by atoms with Gasteiger partial charge in [-0.1, -0.05) is 18.7 Å². The molecule has 26 heavy (non-hydrogen) atoms. The summed E-state index contributed by atoms with van der Waals surface area (Å²) < 4.78 is 32.1. The fraction of sp³-hybridized carbons (Fsp3) is 0.211. The molecule has 0 aliphatic rings. The Balaban J connectivity index is 2.32. The zero-order chi connectivity index (χ0) is 19.3. The van der Waals surface area contributed by atoms with Crippen LogP contribution in [0.1, 0.15) is 21.5 Å². The summed E-state index contributed by atoms with van der Waals surface area (Å²) in [6.45, 7) is 7.43. The molecule has 7 heteroatoms. The zero-order valence-corrected chi connectivity index (χ0v) is 15.8. The quantitative estimate of drug-likeness (QED) is 0.730. The van der Waals surface area contributed by atoms with Crippen molar-refractivity contribution in [2.75, 3.05) is 19.0 Å². The Morgan fingerprint density at radius 1 is 1.23 bits per heavy atom. The molecule has 2 N–H and O–H groups in total. The monoisotopic (exact) mass is 374 g/mol. The van der Waals surface area contributed by atoms with Crippen molar-refractivity contribution in [2.24, 2.45) is 0 Å². The maximum Gasteiger partial charge on any atom is 0.255 e. The number of benzene rings is 2. The Morgan fingerprint density at radius 2 is 1.96 bits per heavy atom. The Kier molecular flexibility index (Phi) is 6.18. The fourth-order valence-electron chi connectivity index (χ4n) is 2.37. The minimum Gasteiger partial charge on any atom is -0.489 e. The van der Waals surface area contributed by atoms with Gasteiger partial charge in [0.25, 0.3) is 5.91 Å². The minimum atomic E-state index is -3.66. The average Bonchev–Trinajstić information content (AvgIpc) is 2.62. The molecule has 2 aromatic carbocycles. The van der Waals surface area contributed by atoms with Crippen LogP contribution in [0.3, 0.4) is 0 Å². The first-order valence-electron chi connectivity index (χ1n) is 7.98.